The second-order valence-corrected chi connectivity index (χ2v) is 9.04. The lowest BCUT2D eigenvalue weighted by atomic mass is 10.1. The fraction of sp³-hybridized carbons (Fsp3) is 0.227. The summed E-state index contributed by atoms with van der Waals surface area (Å²) in [5.74, 6) is 0.269. The molecule has 0 radical (unpaired) electrons. The van der Waals surface area contributed by atoms with Crippen molar-refractivity contribution in [1.82, 2.24) is 5.32 Å². The topological polar surface area (TPSA) is 79.6 Å². The molecule has 3 aromatic rings. The van der Waals surface area contributed by atoms with Gasteiger partial charge in [-0.1, -0.05) is 24.3 Å². The maximum atomic E-state index is 13.4. The smallest absolute Gasteiger partial charge is 0.264 e. The van der Waals surface area contributed by atoms with Crippen LogP contribution < -0.4 is 9.62 Å². The first-order valence-corrected chi connectivity index (χ1v) is 10.9. The molecule has 0 saturated carbocycles. The van der Waals surface area contributed by atoms with Crippen LogP contribution in [0.1, 0.15) is 41.6 Å². The average Bonchev–Trinajstić information content (AvgIpc) is 3.35. The molecule has 1 aliphatic heterocycles. The number of sulfonamides is 1. The molecule has 2 heterocycles. The van der Waals surface area contributed by atoms with Crippen molar-refractivity contribution in [2.24, 2.45) is 0 Å². The standard InChI is InChI=1S/C22H22N2O4S/c1-15-13-17-7-3-4-10-20(17)24(15)29(26,27)19-9-5-8-18(14-19)22(25)23-16(2)21-11-6-12-28-21/h3-12,14-16H,13H2,1-2H3,(H,23,25)/t15-,16-/m0/s1. The molecule has 0 fully saturated rings. The van der Waals surface area contributed by atoms with Crippen LogP contribution in [-0.2, 0) is 16.4 Å². The van der Waals surface area contributed by atoms with E-state index in [1.54, 1.807) is 37.5 Å². The van der Waals surface area contributed by atoms with Crippen LogP contribution in [0, 0.1) is 0 Å². The lowest BCUT2D eigenvalue weighted by Crippen LogP contribution is -2.36. The molecule has 0 aliphatic carbocycles. The van der Waals surface area contributed by atoms with E-state index >= 15 is 0 Å². The van der Waals surface area contributed by atoms with Crippen molar-refractivity contribution in [2.75, 3.05) is 4.31 Å². The first-order valence-electron chi connectivity index (χ1n) is 9.44. The molecule has 29 heavy (non-hydrogen) atoms. The molecule has 0 bridgehead atoms. The van der Waals surface area contributed by atoms with Crippen molar-refractivity contribution in [1.29, 1.82) is 0 Å². The third-order valence-electron chi connectivity index (χ3n) is 5.12. The van der Waals surface area contributed by atoms with Crippen molar-refractivity contribution >= 4 is 21.6 Å². The summed E-state index contributed by atoms with van der Waals surface area (Å²) >= 11 is 0. The zero-order valence-electron chi connectivity index (χ0n) is 16.2. The number of nitrogens with zero attached hydrogens (tertiary/aromatic N) is 1. The van der Waals surface area contributed by atoms with Gasteiger partial charge in [0, 0.05) is 11.6 Å². The van der Waals surface area contributed by atoms with Crippen LogP contribution in [-0.4, -0.2) is 20.4 Å². The van der Waals surface area contributed by atoms with Crippen molar-refractivity contribution < 1.29 is 17.6 Å². The highest BCUT2D eigenvalue weighted by atomic mass is 32.2. The summed E-state index contributed by atoms with van der Waals surface area (Å²) in [7, 11) is -3.79. The summed E-state index contributed by atoms with van der Waals surface area (Å²) in [4.78, 5) is 12.7. The minimum atomic E-state index is -3.79. The molecule has 2 atom stereocenters. The summed E-state index contributed by atoms with van der Waals surface area (Å²) < 4.78 is 33.5. The minimum absolute atomic E-state index is 0.0966. The van der Waals surface area contributed by atoms with Crippen LogP contribution in [0.2, 0.25) is 0 Å². The maximum absolute atomic E-state index is 13.4. The first kappa shape index (κ1) is 19.3. The Kier molecular flexibility index (Phi) is 4.92. The van der Waals surface area contributed by atoms with Gasteiger partial charge in [-0.25, -0.2) is 8.42 Å². The Balaban J connectivity index is 1.62. The minimum Gasteiger partial charge on any atom is -0.467 e. The third kappa shape index (κ3) is 3.53. The number of anilines is 1. The molecule has 150 valence electrons. The molecule has 1 amide bonds. The largest absolute Gasteiger partial charge is 0.467 e. The van der Waals surface area contributed by atoms with Crippen molar-refractivity contribution in [2.45, 2.75) is 37.2 Å². The molecule has 2 aromatic carbocycles. The number of rotatable bonds is 5. The highest BCUT2D eigenvalue weighted by Gasteiger charge is 2.36. The quantitative estimate of drug-likeness (QED) is 0.692. The van der Waals surface area contributed by atoms with Crippen molar-refractivity contribution in [3.05, 3.63) is 83.8 Å². The lowest BCUT2D eigenvalue weighted by Gasteiger charge is -2.24. The van der Waals surface area contributed by atoms with Crippen molar-refractivity contribution in [3.63, 3.8) is 0 Å². The number of para-hydroxylation sites is 1. The first-order chi connectivity index (χ1) is 13.9. The number of carbonyl (C=O) groups is 1. The van der Waals surface area contributed by atoms with Gasteiger partial charge in [0.1, 0.15) is 5.76 Å². The number of nitrogens with one attached hydrogen (secondary N) is 1. The predicted molar refractivity (Wildman–Crippen MR) is 110 cm³/mol. The Labute approximate surface area is 170 Å². The molecule has 0 saturated heterocycles. The number of carbonyl (C=O) groups excluding carboxylic acids is 1. The Hall–Kier alpha value is -3.06. The van der Waals surface area contributed by atoms with E-state index in [1.165, 1.54) is 16.4 Å². The van der Waals surface area contributed by atoms with Gasteiger partial charge in [-0.05, 0) is 62.2 Å². The van der Waals surface area contributed by atoms with Gasteiger partial charge < -0.3 is 9.73 Å². The third-order valence-corrected chi connectivity index (χ3v) is 7.04. The van der Waals surface area contributed by atoms with E-state index in [-0.39, 0.29) is 28.4 Å². The number of furan rings is 1. The molecule has 1 aromatic heterocycles. The van der Waals surface area contributed by atoms with Crippen LogP contribution >= 0.6 is 0 Å². The summed E-state index contributed by atoms with van der Waals surface area (Å²) in [5.41, 5.74) is 1.98. The van der Waals surface area contributed by atoms with E-state index in [0.29, 0.717) is 17.9 Å². The molecule has 0 unspecified atom stereocenters. The summed E-state index contributed by atoms with van der Waals surface area (Å²) in [6.07, 6.45) is 2.20. The molecule has 6 nitrogen and oxygen atoms in total. The van der Waals surface area contributed by atoms with Crippen LogP contribution in [0.15, 0.2) is 76.2 Å². The van der Waals surface area contributed by atoms with Gasteiger partial charge in [-0.15, -0.1) is 0 Å². The van der Waals surface area contributed by atoms with Crippen molar-refractivity contribution in [3.8, 4) is 0 Å². The van der Waals surface area contributed by atoms with E-state index < -0.39 is 10.0 Å². The van der Waals surface area contributed by atoms with Gasteiger partial charge in [0.25, 0.3) is 15.9 Å². The summed E-state index contributed by atoms with van der Waals surface area (Å²) in [6.45, 7) is 3.69. The monoisotopic (exact) mass is 410 g/mol. The molecule has 1 aliphatic rings. The van der Waals surface area contributed by atoms with E-state index in [9.17, 15) is 13.2 Å². The zero-order chi connectivity index (χ0) is 20.6. The molecular weight excluding hydrogens is 388 g/mol. The van der Waals surface area contributed by atoms with E-state index in [0.717, 1.165) is 5.56 Å². The molecule has 1 N–H and O–H groups in total. The van der Waals surface area contributed by atoms with Gasteiger partial charge in [0.2, 0.25) is 0 Å². The Bertz CT molecular complexity index is 1140. The van der Waals surface area contributed by atoms with Crippen LogP contribution in [0.25, 0.3) is 0 Å². The SMILES string of the molecule is C[C@H](NC(=O)c1cccc(S(=O)(=O)N2c3ccccc3C[C@@H]2C)c1)c1ccco1. The van der Waals surface area contributed by atoms with E-state index in [1.807, 2.05) is 31.2 Å². The maximum Gasteiger partial charge on any atom is 0.264 e. The van der Waals surface area contributed by atoms with Gasteiger partial charge >= 0.3 is 0 Å². The number of hydrogen-bond donors (Lipinski definition) is 1. The van der Waals surface area contributed by atoms with E-state index in [4.69, 9.17) is 4.42 Å². The number of fused-ring (bicyclic) bond motifs is 1. The number of hydrogen-bond acceptors (Lipinski definition) is 4. The fourth-order valence-corrected chi connectivity index (χ4v) is 5.44. The van der Waals surface area contributed by atoms with Gasteiger partial charge in [0.15, 0.2) is 0 Å². The van der Waals surface area contributed by atoms with E-state index in [2.05, 4.69) is 5.32 Å². The normalized spacial score (nSPS) is 17.0. The highest BCUT2D eigenvalue weighted by molar-refractivity contribution is 7.92. The zero-order valence-corrected chi connectivity index (χ0v) is 17.0. The number of amides is 1. The molecule has 4 rings (SSSR count). The second-order valence-electron chi connectivity index (χ2n) is 7.22. The molecular formula is C22H22N2O4S. The highest BCUT2D eigenvalue weighted by Crippen LogP contribution is 2.36. The van der Waals surface area contributed by atoms with Gasteiger partial charge in [-0.3, -0.25) is 9.10 Å². The predicted octanol–water partition coefficient (Wildman–Crippen LogP) is 3.91. The van der Waals surface area contributed by atoms with Crippen LogP contribution in [0.5, 0.6) is 0 Å². The Morgan fingerprint density at radius 1 is 1.14 bits per heavy atom. The summed E-state index contributed by atoms with van der Waals surface area (Å²) in [6, 6.07) is 16.7. The van der Waals surface area contributed by atoms with Gasteiger partial charge in [0.05, 0.1) is 22.9 Å². The lowest BCUT2D eigenvalue weighted by molar-refractivity contribution is 0.0935. The molecule has 7 heteroatoms. The van der Waals surface area contributed by atoms with Crippen LogP contribution in [0.4, 0.5) is 5.69 Å². The number of benzene rings is 2. The molecule has 0 spiro atoms. The average molecular weight is 410 g/mol. The fourth-order valence-electron chi connectivity index (χ4n) is 3.70. The Morgan fingerprint density at radius 3 is 2.69 bits per heavy atom. The Morgan fingerprint density at radius 2 is 1.93 bits per heavy atom. The summed E-state index contributed by atoms with van der Waals surface area (Å²) in [5, 5.41) is 2.83. The second kappa shape index (κ2) is 7.40. The van der Waals surface area contributed by atoms with Crippen LogP contribution in [0.3, 0.4) is 0 Å². The van der Waals surface area contributed by atoms with Gasteiger partial charge in [-0.2, -0.15) is 0 Å².